The van der Waals surface area contributed by atoms with E-state index in [4.69, 9.17) is 5.11 Å². The molecule has 106 valence electrons. The zero-order valence-electron chi connectivity index (χ0n) is 10.9. The third kappa shape index (κ3) is 3.87. The summed E-state index contributed by atoms with van der Waals surface area (Å²) >= 11 is 0. The van der Waals surface area contributed by atoms with E-state index >= 15 is 0 Å². The summed E-state index contributed by atoms with van der Waals surface area (Å²) in [4.78, 5) is 10.9. The van der Waals surface area contributed by atoms with Crippen molar-refractivity contribution in [3.8, 4) is 0 Å². The highest BCUT2D eigenvalue weighted by Crippen LogP contribution is 2.33. The second kappa shape index (κ2) is 5.50. The molecule has 0 radical (unpaired) electrons. The van der Waals surface area contributed by atoms with Crippen LogP contribution in [0.4, 0.5) is 18.9 Å². The summed E-state index contributed by atoms with van der Waals surface area (Å²) in [7, 11) is 0. The highest BCUT2D eigenvalue weighted by atomic mass is 19.4. The molecule has 1 atom stereocenters. The molecule has 0 aliphatic carbocycles. The van der Waals surface area contributed by atoms with E-state index in [0.717, 1.165) is 12.1 Å². The normalized spacial score (nSPS) is 13.4. The average molecular weight is 275 g/mol. The second-order valence-electron chi connectivity index (χ2n) is 4.74. The lowest BCUT2D eigenvalue weighted by molar-refractivity contribution is -0.138. The number of hydrogen-bond acceptors (Lipinski definition) is 2. The fourth-order valence-corrected chi connectivity index (χ4v) is 1.49. The number of carboxylic acids is 1. The van der Waals surface area contributed by atoms with Crippen LogP contribution in [-0.2, 0) is 6.18 Å². The summed E-state index contributed by atoms with van der Waals surface area (Å²) in [5.41, 5.74) is -1.51. The molecule has 19 heavy (non-hydrogen) atoms. The highest BCUT2D eigenvalue weighted by molar-refractivity contribution is 5.91. The van der Waals surface area contributed by atoms with Gasteiger partial charge in [-0.2, -0.15) is 13.2 Å². The first-order valence-electron chi connectivity index (χ1n) is 5.84. The second-order valence-corrected chi connectivity index (χ2v) is 4.74. The molecule has 0 aromatic heterocycles. The van der Waals surface area contributed by atoms with Crippen molar-refractivity contribution in [2.75, 3.05) is 5.32 Å². The molecule has 1 unspecified atom stereocenters. The van der Waals surface area contributed by atoms with Crippen molar-refractivity contribution in [2.24, 2.45) is 5.92 Å². The zero-order valence-corrected chi connectivity index (χ0v) is 10.9. The van der Waals surface area contributed by atoms with Gasteiger partial charge in [0.05, 0.1) is 11.1 Å². The molecule has 0 saturated heterocycles. The largest absolute Gasteiger partial charge is 0.478 e. The molecular weight excluding hydrogens is 259 g/mol. The number of carboxylic acid groups (broad SMARTS) is 1. The van der Waals surface area contributed by atoms with Crippen molar-refractivity contribution < 1.29 is 23.1 Å². The van der Waals surface area contributed by atoms with Gasteiger partial charge in [0.25, 0.3) is 0 Å². The number of carbonyl (C=O) groups is 1. The Morgan fingerprint density at radius 1 is 1.26 bits per heavy atom. The van der Waals surface area contributed by atoms with E-state index in [2.05, 4.69) is 5.32 Å². The SMILES string of the molecule is CC(C)C(C)Nc1ccc(C(F)(F)F)c(C(=O)O)c1. The van der Waals surface area contributed by atoms with Crippen molar-refractivity contribution in [3.63, 3.8) is 0 Å². The molecule has 0 aliphatic heterocycles. The van der Waals surface area contributed by atoms with Crippen molar-refractivity contribution in [3.05, 3.63) is 29.3 Å². The van der Waals surface area contributed by atoms with E-state index in [1.165, 1.54) is 6.07 Å². The maximum atomic E-state index is 12.6. The van der Waals surface area contributed by atoms with E-state index in [1.807, 2.05) is 20.8 Å². The molecule has 1 aromatic rings. The maximum Gasteiger partial charge on any atom is 0.417 e. The van der Waals surface area contributed by atoms with E-state index in [-0.39, 0.29) is 12.0 Å². The van der Waals surface area contributed by atoms with E-state index in [1.54, 1.807) is 0 Å². The zero-order chi connectivity index (χ0) is 14.8. The first-order chi connectivity index (χ1) is 8.62. The summed E-state index contributed by atoms with van der Waals surface area (Å²) in [6.07, 6.45) is -4.67. The number of rotatable bonds is 4. The van der Waals surface area contributed by atoms with E-state index in [0.29, 0.717) is 5.69 Å². The van der Waals surface area contributed by atoms with Crippen LogP contribution >= 0.6 is 0 Å². The first-order valence-corrected chi connectivity index (χ1v) is 5.84. The van der Waals surface area contributed by atoms with Gasteiger partial charge < -0.3 is 10.4 Å². The molecule has 0 aliphatic rings. The van der Waals surface area contributed by atoms with Crippen LogP contribution in [0.2, 0.25) is 0 Å². The summed E-state index contributed by atoms with van der Waals surface area (Å²) in [5.74, 6) is -1.32. The Labute approximate surface area is 109 Å². The Bertz CT molecular complexity index is 469. The third-order valence-electron chi connectivity index (χ3n) is 2.95. The molecule has 2 N–H and O–H groups in total. The summed E-state index contributed by atoms with van der Waals surface area (Å²) in [6, 6.07) is 3.08. The number of benzene rings is 1. The molecule has 1 aromatic carbocycles. The van der Waals surface area contributed by atoms with Crippen LogP contribution in [-0.4, -0.2) is 17.1 Å². The van der Waals surface area contributed by atoms with E-state index in [9.17, 15) is 18.0 Å². The van der Waals surface area contributed by atoms with Crippen molar-refractivity contribution in [2.45, 2.75) is 33.0 Å². The predicted octanol–water partition coefficient (Wildman–Crippen LogP) is 3.86. The van der Waals surface area contributed by atoms with Gasteiger partial charge in [-0.25, -0.2) is 4.79 Å². The van der Waals surface area contributed by atoms with Gasteiger partial charge in [-0.05, 0) is 31.0 Å². The number of halogens is 3. The van der Waals surface area contributed by atoms with Crippen LogP contribution in [0.3, 0.4) is 0 Å². The molecule has 3 nitrogen and oxygen atoms in total. The van der Waals surface area contributed by atoms with Crippen molar-refractivity contribution in [1.82, 2.24) is 0 Å². The summed E-state index contributed by atoms with van der Waals surface area (Å²) in [6.45, 7) is 5.79. The lowest BCUT2D eigenvalue weighted by atomic mass is 10.0. The fourth-order valence-electron chi connectivity index (χ4n) is 1.49. The molecule has 0 fully saturated rings. The van der Waals surface area contributed by atoms with Gasteiger partial charge >= 0.3 is 12.1 Å². The minimum Gasteiger partial charge on any atom is -0.478 e. The lowest BCUT2D eigenvalue weighted by Gasteiger charge is -2.20. The molecule has 0 saturated carbocycles. The van der Waals surface area contributed by atoms with Gasteiger partial charge in [0, 0.05) is 11.7 Å². The van der Waals surface area contributed by atoms with Crippen LogP contribution in [0.25, 0.3) is 0 Å². The number of hydrogen-bond donors (Lipinski definition) is 2. The highest BCUT2D eigenvalue weighted by Gasteiger charge is 2.35. The molecule has 0 heterocycles. The lowest BCUT2D eigenvalue weighted by Crippen LogP contribution is -2.22. The summed E-state index contributed by atoms with van der Waals surface area (Å²) in [5, 5.41) is 11.9. The number of nitrogens with one attached hydrogen (secondary N) is 1. The summed E-state index contributed by atoms with van der Waals surface area (Å²) < 4.78 is 37.9. The van der Waals surface area contributed by atoms with Gasteiger partial charge in [-0.3, -0.25) is 0 Å². The minimum atomic E-state index is -4.67. The Hall–Kier alpha value is -1.72. The molecule has 0 spiro atoms. The van der Waals surface area contributed by atoms with Gasteiger partial charge in [0.15, 0.2) is 0 Å². The van der Waals surface area contributed by atoms with E-state index < -0.39 is 23.3 Å². The number of anilines is 1. The van der Waals surface area contributed by atoms with Crippen LogP contribution in [0.15, 0.2) is 18.2 Å². The smallest absolute Gasteiger partial charge is 0.417 e. The van der Waals surface area contributed by atoms with Crippen LogP contribution in [0.5, 0.6) is 0 Å². The Balaban J connectivity index is 3.14. The van der Waals surface area contributed by atoms with Crippen molar-refractivity contribution in [1.29, 1.82) is 0 Å². The average Bonchev–Trinajstić information content (AvgIpc) is 2.27. The van der Waals surface area contributed by atoms with Gasteiger partial charge in [-0.1, -0.05) is 13.8 Å². The number of alkyl halides is 3. The molecule has 0 bridgehead atoms. The third-order valence-corrected chi connectivity index (χ3v) is 2.95. The monoisotopic (exact) mass is 275 g/mol. The number of aromatic carboxylic acids is 1. The van der Waals surface area contributed by atoms with Crippen LogP contribution in [0.1, 0.15) is 36.7 Å². The van der Waals surface area contributed by atoms with Gasteiger partial charge in [0.2, 0.25) is 0 Å². The van der Waals surface area contributed by atoms with Crippen molar-refractivity contribution >= 4 is 11.7 Å². The minimum absolute atomic E-state index is 0.0263. The predicted molar refractivity (Wildman–Crippen MR) is 66.3 cm³/mol. The molecule has 6 heteroatoms. The molecular formula is C13H16F3NO2. The van der Waals surface area contributed by atoms with Gasteiger partial charge in [-0.15, -0.1) is 0 Å². The Kier molecular flexibility index (Phi) is 4.44. The standard InChI is InChI=1S/C13H16F3NO2/c1-7(2)8(3)17-9-4-5-11(13(14,15)16)10(6-9)12(18)19/h4-8,17H,1-3H3,(H,18,19). The first kappa shape index (κ1) is 15.3. The Morgan fingerprint density at radius 2 is 1.84 bits per heavy atom. The van der Waals surface area contributed by atoms with Crippen LogP contribution < -0.4 is 5.32 Å². The molecule has 1 rings (SSSR count). The van der Waals surface area contributed by atoms with Crippen LogP contribution in [0, 0.1) is 5.92 Å². The quantitative estimate of drug-likeness (QED) is 0.877. The topological polar surface area (TPSA) is 49.3 Å². The Morgan fingerprint density at radius 3 is 2.26 bits per heavy atom. The maximum absolute atomic E-state index is 12.6. The molecule has 0 amide bonds. The fraction of sp³-hybridized carbons (Fsp3) is 0.462. The van der Waals surface area contributed by atoms with Gasteiger partial charge in [0.1, 0.15) is 0 Å².